The third kappa shape index (κ3) is 4.33. The van der Waals surface area contributed by atoms with Gasteiger partial charge in [0.15, 0.2) is 0 Å². The molecule has 0 radical (unpaired) electrons. The fraction of sp³-hybridized carbons (Fsp3) is 0.136. The number of aromatic nitrogens is 4. The van der Waals surface area contributed by atoms with Crippen LogP contribution in [0.15, 0.2) is 71.7 Å². The number of rotatable bonds is 6. The van der Waals surface area contributed by atoms with Crippen molar-refractivity contribution in [3.8, 4) is 21.1 Å². The van der Waals surface area contributed by atoms with Crippen molar-refractivity contribution in [1.29, 1.82) is 0 Å². The molecule has 0 aliphatic heterocycles. The Morgan fingerprint density at radius 2 is 1.87 bits per heavy atom. The third-order valence-corrected chi connectivity index (χ3v) is 5.65. The SMILES string of the molecule is Cc1nc(-c2ccccc2)sc1-c1ccc(=O)n(CCNC(=O)c2ccccn2)n1. The Kier molecular flexibility index (Phi) is 5.76. The molecule has 3 aromatic heterocycles. The molecule has 150 valence electrons. The second-order valence-electron chi connectivity index (χ2n) is 6.55. The molecule has 1 N–H and O–H groups in total. The minimum Gasteiger partial charge on any atom is -0.349 e. The zero-order valence-electron chi connectivity index (χ0n) is 16.3. The van der Waals surface area contributed by atoms with Gasteiger partial charge in [-0.1, -0.05) is 36.4 Å². The van der Waals surface area contributed by atoms with Gasteiger partial charge in [0.05, 0.1) is 17.1 Å². The van der Waals surface area contributed by atoms with Gasteiger partial charge in [0, 0.05) is 24.4 Å². The maximum atomic E-state index is 12.2. The van der Waals surface area contributed by atoms with Crippen molar-refractivity contribution in [1.82, 2.24) is 25.1 Å². The van der Waals surface area contributed by atoms with E-state index in [1.165, 1.54) is 22.1 Å². The van der Waals surface area contributed by atoms with Crippen molar-refractivity contribution in [3.05, 3.63) is 88.6 Å². The molecule has 7 nitrogen and oxygen atoms in total. The summed E-state index contributed by atoms with van der Waals surface area (Å²) in [6, 6.07) is 18.3. The maximum Gasteiger partial charge on any atom is 0.269 e. The highest BCUT2D eigenvalue weighted by atomic mass is 32.1. The van der Waals surface area contributed by atoms with E-state index in [-0.39, 0.29) is 24.6 Å². The average molecular weight is 417 g/mol. The van der Waals surface area contributed by atoms with Gasteiger partial charge < -0.3 is 5.32 Å². The van der Waals surface area contributed by atoms with Gasteiger partial charge in [0.2, 0.25) is 0 Å². The standard InChI is InChI=1S/C22H19N5O2S/c1-15-20(30-22(25-15)16-7-3-2-4-8-16)17-10-11-19(28)27(26-17)14-13-24-21(29)18-9-5-6-12-23-18/h2-12H,13-14H2,1H3,(H,24,29). The summed E-state index contributed by atoms with van der Waals surface area (Å²) >= 11 is 1.54. The molecule has 0 aliphatic carbocycles. The fourth-order valence-electron chi connectivity index (χ4n) is 2.93. The number of nitrogens with zero attached hydrogens (tertiary/aromatic N) is 4. The van der Waals surface area contributed by atoms with Crippen LogP contribution in [-0.4, -0.2) is 32.2 Å². The lowest BCUT2D eigenvalue weighted by atomic mass is 10.2. The fourth-order valence-corrected chi connectivity index (χ4v) is 3.97. The quantitative estimate of drug-likeness (QED) is 0.520. The van der Waals surface area contributed by atoms with Crippen LogP contribution in [0.3, 0.4) is 0 Å². The number of nitrogens with one attached hydrogen (secondary N) is 1. The molecular weight excluding hydrogens is 398 g/mol. The molecule has 3 heterocycles. The van der Waals surface area contributed by atoms with Crippen molar-refractivity contribution >= 4 is 17.2 Å². The van der Waals surface area contributed by atoms with E-state index in [0.717, 1.165) is 21.1 Å². The normalized spacial score (nSPS) is 10.7. The molecule has 1 aromatic carbocycles. The van der Waals surface area contributed by atoms with E-state index in [2.05, 4.69) is 20.4 Å². The number of carbonyl (C=O) groups excluding carboxylic acids is 1. The van der Waals surface area contributed by atoms with Crippen LogP contribution < -0.4 is 10.9 Å². The van der Waals surface area contributed by atoms with Crippen molar-refractivity contribution < 1.29 is 4.79 Å². The molecule has 8 heteroatoms. The van der Waals surface area contributed by atoms with Gasteiger partial charge in [-0.3, -0.25) is 14.6 Å². The Morgan fingerprint density at radius 1 is 1.07 bits per heavy atom. The number of pyridine rings is 1. The zero-order chi connectivity index (χ0) is 20.9. The van der Waals surface area contributed by atoms with Crippen LogP contribution in [0, 0.1) is 6.92 Å². The average Bonchev–Trinajstić information content (AvgIpc) is 3.18. The summed E-state index contributed by atoms with van der Waals surface area (Å²) in [6.07, 6.45) is 1.56. The highest BCUT2D eigenvalue weighted by Gasteiger charge is 2.14. The molecule has 0 aliphatic rings. The lowest BCUT2D eigenvalue weighted by molar-refractivity contribution is 0.0947. The second-order valence-corrected chi connectivity index (χ2v) is 7.55. The first-order chi connectivity index (χ1) is 14.6. The summed E-state index contributed by atoms with van der Waals surface area (Å²) in [5, 5.41) is 8.16. The van der Waals surface area contributed by atoms with E-state index >= 15 is 0 Å². The van der Waals surface area contributed by atoms with Crippen LogP contribution in [0.4, 0.5) is 0 Å². The molecule has 0 atom stereocenters. The van der Waals surface area contributed by atoms with E-state index in [0.29, 0.717) is 11.4 Å². The molecule has 0 spiro atoms. The number of amides is 1. The van der Waals surface area contributed by atoms with Crippen molar-refractivity contribution in [2.24, 2.45) is 0 Å². The minimum absolute atomic E-state index is 0.226. The van der Waals surface area contributed by atoms with Gasteiger partial charge in [0.1, 0.15) is 16.4 Å². The van der Waals surface area contributed by atoms with E-state index < -0.39 is 0 Å². The third-order valence-electron chi connectivity index (χ3n) is 4.42. The molecule has 30 heavy (non-hydrogen) atoms. The number of hydrogen-bond acceptors (Lipinski definition) is 6. The number of aryl methyl sites for hydroxylation is 1. The zero-order valence-corrected chi connectivity index (χ0v) is 17.1. The van der Waals surface area contributed by atoms with Crippen LogP contribution in [-0.2, 0) is 6.54 Å². The molecule has 0 saturated carbocycles. The van der Waals surface area contributed by atoms with Crippen molar-refractivity contribution in [2.75, 3.05) is 6.54 Å². The summed E-state index contributed by atoms with van der Waals surface area (Å²) in [6.45, 7) is 2.46. The predicted octanol–water partition coefficient (Wildman–Crippen LogP) is 3.17. The van der Waals surface area contributed by atoms with Gasteiger partial charge in [-0.2, -0.15) is 5.10 Å². The molecule has 0 bridgehead atoms. The maximum absolute atomic E-state index is 12.2. The highest BCUT2D eigenvalue weighted by Crippen LogP contribution is 2.33. The van der Waals surface area contributed by atoms with Crippen LogP contribution >= 0.6 is 11.3 Å². The summed E-state index contributed by atoms with van der Waals surface area (Å²) in [4.78, 5) is 33.9. The summed E-state index contributed by atoms with van der Waals surface area (Å²) in [5.74, 6) is -0.286. The molecule has 4 rings (SSSR count). The predicted molar refractivity (Wildman–Crippen MR) is 116 cm³/mol. The van der Waals surface area contributed by atoms with Gasteiger partial charge >= 0.3 is 0 Å². The number of hydrogen-bond donors (Lipinski definition) is 1. The van der Waals surface area contributed by atoms with Crippen molar-refractivity contribution in [2.45, 2.75) is 13.5 Å². The smallest absolute Gasteiger partial charge is 0.269 e. The summed E-state index contributed by atoms with van der Waals surface area (Å²) in [7, 11) is 0. The van der Waals surface area contributed by atoms with Gasteiger partial charge in [0.25, 0.3) is 11.5 Å². The highest BCUT2D eigenvalue weighted by molar-refractivity contribution is 7.18. The Hall–Kier alpha value is -3.65. The summed E-state index contributed by atoms with van der Waals surface area (Å²) < 4.78 is 1.36. The Bertz CT molecular complexity index is 1220. The van der Waals surface area contributed by atoms with Crippen LogP contribution in [0.1, 0.15) is 16.2 Å². The molecule has 0 fully saturated rings. The van der Waals surface area contributed by atoms with Crippen molar-refractivity contribution in [3.63, 3.8) is 0 Å². The molecule has 0 unspecified atom stereocenters. The molecule has 4 aromatic rings. The van der Waals surface area contributed by atoms with Gasteiger partial charge in [-0.15, -0.1) is 11.3 Å². The van der Waals surface area contributed by atoms with E-state index in [1.54, 1.807) is 30.5 Å². The summed E-state index contributed by atoms with van der Waals surface area (Å²) in [5.41, 5.74) is 2.70. The lowest BCUT2D eigenvalue weighted by Crippen LogP contribution is -2.32. The van der Waals surface area contributed by atoms with E-state index in [4.69, 9.17) is 0 Å². The van der Waals surface area contributed by atoms with Crippen LogP contribution in [0.5, 0.6) is 0 Å². The lowest BCUT2D eigenvalue weighted by Gasteiger charge is -2.08. The second kappa shape index (κ2) is 8.79. The molecule has 1 amide bonds. The Labute approximate surface area is 177 Å². The number of benzene rings is 1. The monoisotopic (exact) mass is 417 g/mol. The van der Waals surface area contributed by atoms with Gasteiger partial charge in [-0.25, -0.2) is 9.67 Å². The first kappa shape index (κ1) is 19.7. The van der Waals surface area contributed by atoms with E-state index in [1.807, 2.05) is 37.3 Å². The molecule has 0 saturated heterocycles. The Morgan fingerprint density at radius 3 is 2.63 bits per heavy atom. The molecular formula is C22H19N5O2S. The van der Waals surface area contributed by atoms with E-state index in [9.17, 15) is 9.59 Å². The Balaban J connectivity index is 1.50. The first-order valence-electron chi connectivity index (χ1n) is 9.42. The van der Waals surface area contributed by atoms with Crippen LogP contribution in [0.25, 0.3) is 21.1 Å². The first-order valence-corrected chi connectivity index (χ1v) is 10.2. The number of thiazole rings is 1. The minimum atomic E-state index is -0.286. The topological polar surface area (TPSA) is 89.8 Å². The van der Waals surface area contributed by atoms with Crippen LogP contribution in [0.2, 0.25) is 0 Å². The van der Waals surface area contributed by atoms with Gasteiger partial charge in [-0.05, 0) is 25.1 Å². The number of carbonyl (C=O) groups is 1. The largest absolute Gasteiger partial charge is 0.349 e.